The maximum Gasteiger partial charge on any atom is 0.0330 e. The van der Waals surface area contributed by atoms with Crippen LogP contribution in [0.1, 0.15) is 13.8 Å². The summed E-state index contributed by atoms with van der Waals surface area (Å²) in [6.45, 7) is 11.6. The van der Waals surface area contributed by atoms with E-state index in [1.165, 1.54) is 5.57 Å². The molecule has 0 aliphatic rings. The van der Waals surface area contributed by atoms with E-state index in [4.69, 9.17) is 0 Å². The molecule has 0 aliphatic heterocycles. The Labute approximate surface area is 79.8 Å². The highest BCUT2D eigenvalue weighted by Gasteiger charge is 1.93. The topological polar surface area (TPSA) is 12.0 Å². The lowest BCUT2D eigenvalue weighted by Gasteiger charge is -2.06. The Balaban J connectivity index is 3.66. The zero-order chi connectivity index (χ0) is 9.40. The minimum atomic E-state index is 0.518. The van der Waals surface area contributed by atoms with Gasteiger partial charge in [0.2, 0.25) is 0 Å². The molecule has 0 spiro atoms. The van der Waals surface area contributed by atoms with E-state index in [0.717, 1.165) is 5.75 Å². The van der Waals surface area contributed by atoms with E-state index in [2.05, 4.69) is 31.7 Å². The largest absolute Gasteiger partial charge is 0.261 e. The van der Waals surface area contributed by atoms with E-state index in [9.17, 15) is 0 Å². The van der Waals surface area contributed by atoms with Crippen molar-refractivity contribution < 1.29 is 0 Å². The molecule has 68 valence electrons. The molecule has 0 rings (SSSR count). The highest BCUT2D eigenvalue weighted by atomic mass is 32.2. The van der Waals surface area contributed by atoms with Crippen molar-refractivity contribution in [1.82, 2.24) is 4.72 Å². The smallest absolute Gasteiger partial charge is 0.0330 e. The lowest BCUT2D eigenvalue weighted by molar-refractivity contribution is 0.772. The van der Waals surface area contributed by atoms with Gasteiger partial charge in [-0.1, -0.05) is 43.3 Å². The van der Waals surface area contributed by atoms with E-state index < -0.39 is 0 Å². The molecule has 2 heteroatoms. The molecule has 0 radical (unpaired) electrons. The Bertz CT molecular complexity index is 171. The summed E-state index contributed by atoms with van der Waals surface area (Å²) < 4.78 is 3.26. The summed E-state index contributed by atoms with van der Waals surface area (Å²) in [6.07, 6.45) is 5.62. The first-order valence-corrected chi connectivity index (χ1v) is 5.00. The van der Waals surface area contributed by atoms with Crippen molar-refractivity contribution in [3.8, 4) is 0 Å². The van der Waals surface area contributed by atoms with Crippen molar-refractivity contribution in [1.29, 1.82) is 0 Å². The quantitative estimate of drug-likeness (QED) is 0.502. The predicted octanol–water partition coefficient (Wildman–Crippen LogP) is 2.93. The van der Waals surface area contributed by atoms with Gasteiger partial charge < -0.3 is 0 Å². The van der Waals surface area contributed by atoms with Gasteiger partial charge in [0.05, 0.1) is 0 Å². The fourth-order valence-electron chi connectivity index (χ4n) is 0.618. The minimum absolute atomic E-state index is 0.518. The molecule has 0 amide bonds. The van der Waals surface area contributed by atoms with E-state index >= 15 is 0 Å². The highest BCUT2D eigenvalue weighted by Crippen LogP contribution is 2.06. The van der Waals surface area contributed by atoms with Crippen molar-refractivity contribution in [2.75, 3.05) is 5.75 Å². The Morgan fingerprint density at radius 1 is 1.50 bits per heavy atom. The highest BCUT2D eigenvalue weighted by molar-refractivity contribution is 7.97. The van der Waals surface area contributed by atoms with Crippen LogP contribution in [0.5, 0.6) is 0 Å². The molecule has 12 heavy (non-hydrogen) atoms. The number of allylic oxidation sites excluding steroid dienone is 3. The summed E-state index contributed by atoms with van der Waals surface area (Å²) in [5.74, 6) is 0.938. The molecule has 1 nitrogen and oxygen atoms in total. The molecule has 0 aromatic rings. The maximum absolute atomic E-state index is 3.72. The zero-order valence-electron chi connectivity index (χ0n) is 7.84. The van der Waals surface area contributed by atoms with Crippen molar-refractivity contribution in [2.45, 2.75) is 19.9 Å². The Kier molecular flexibility index (Phi) is 6.91. The van der Waals surface area contributed by atoms with Gasteiger partial charge in [-0.2, -0.15) is 0 Å². The normalized spacial score (nSPS) is 11.8. The third-order valence-electron chi connectivity index (χ3n) is 1.15. The summed E-state index contributed by atoms with van der Waals surface area (Å²) in [5, 5.41) is 0. The van der Waals surface area contributed by atoms with Gasteiger partial charge in [0.1, 0.15) is 0 Å². The average Bonchev–Trinajstić information content (AvgIpc) is 2.02. The molecular weight excluding hydrogens is 166 g/mol. The van der Waals surface area contributed by atoms with Crippen molar-refractivity contribution in [3.63, 3.8) is 0 Å². The third kappa shape index (κ3) is 6.25. The molecule has 0 saturated heterocycles. The molecule has 0 atom stereocenters. The SMILES string of the molecule is C=C/C=C(\C=C)CSNC(C)C. The summed E-state index contributed by atoms with van der Waals surface area (Å²) in [5.41, 5.74) is 1.20. The second-order valence-corrected chi connectivity index (χ2v) is 3.56. The van der Waals surface area contributed by atoms with Crippen LogP contribution in [-0.4, -0.2) is 11.8 Å². The fraction of sp³-hybridized carbons (Fsp3) is 0.400. The van der Waals surface area contributed by atoms with Gasteiger partial charge in [0.25, 0.3) is 0 Å². The van der Waals surface area contributed by atoms with E-state index in [1.807, 2.05) is 12.2 Å². The molecule has 0 heterocycles. The molecule has 0 saturated carbocycles. The Morgan fingerprint density at radius 2 is 2.17 bits per heavy atom. The van der Waals surface area contributed by atoms with E-state index in [0.29, 0.717) is 6.04 Å². The molecule has 0 unspecified atom stereocenters. The summed E-state index contributed by atoms with van der Waals surface area (Å²) >= 11 is 1.70. The first-order chi connectivity index (χ1) is 5.70. The van der Waals surface area contributed by atoms with Crippen LogP contribution in [-0.2, 0) is 0 Å². The van der Waals surface area contributed by atoms with Crippen molar-refractivity contribution in [3.05, 3.63) is 37.0 Å². The lowest BCUT2D eigenvalue weighted by Crippen LogP contribution is -2.14. The fourth-order valence-corrected chi connectivity index (χ4v) is 1.42. The number of hydrogen-bond acceptors (Lipinski definition) is 2. The van der Waals surface area contributed by atoms with Gasteiger partial charge >= 0.3 is 0 Å². The molecule has 0 aliphatic carbocycles. The molecule has 1 N–H and O–H groups in total. The Morgan fingerprint density at radius 3 is 2.58 bits per heavy atom. The summed E-state index contributed by atoms with van der Waals surface area (Å²) in [6, 6.07) is 0.518. The summed E-state index contributed by atoms with van der Waals surface area (Å²) in [4.78, 5) is 0. The van der Waals surface area contributed by atoms with Crippen molar-refractivity contribution in [2.24, 2.45) is 0 Å². The van der Waals surface area contributed by atoms with Crippen LogP contribution >= 0.6 is 11.9 Å². The van der Waals surface area contributed by atoms with Gasteiger partial charge in [-0.25, -0.2) is 0 Å². The molecule has 0 fully saturated rings. The van der Waals surface area contributed by atoms with Gasteiger partial charge in [0, 0.05) is 11.8 Å². The second kappa shape index (κ2) is 7.19. The molecular formula is C10H17NS. The molecule has 0 bridgehead atoms. The zero-order valence-corrected chi connectivity index (χ0v) is 8.66. The average molecular weight is 183 g/mol. The van der Waals surface area contributed by atoms with Gasteiger partial charge in [0.15, 0.2) is 0 Å². The monoisotopic (exact) mass is 183 g/mol. The van der Waals surface area contributed by atoms with Gasteiger partial charge in [-0.3, -0.25) is 4.72 Å². The van der Waals surface area contributed by atoms with Crippen LogP contribution in [0.4, 0.5) is 0 Å². The maximum atomic E-state index is 3.72. The third-order valence-corrected chi connectivity index (χ3v) is 2.27. The van der Waals surface area contributed by atoms with Crippen LogP contribution in [0, 0.1) is 0 Å². The van der Waals surface area contributed by atoms with Gasteiger partial charge in [-0.05, 0) is 19.4 Å². The minimum Gasteiger partial charge on any atom is -0.261 e. The van der Waals surface area contributed by atoms with Crippen molar-refractivity contribution >= 4 is 11.9 Å². The number of hydrogen-bond donors (Lipinski definition) is 1. The first kappa shape index (κ1) is 11.5. The van der Waals surface area contributed by atoms with Crippen LogP contribution in [0.2, 0.25) is 0 Å². The molecule has 0 aromatic carbocycles. The molecule has 0 aromatic heterocycles. The van der Waals surface area contributed by atoms with E-state index in [1.54, 1.807) is 18.0 Å². The Hall–Kier alpha value is -0.470. The van der Waals surface area contributed by atoms with Crippen LogP contribution in [0.3, 0.4) is 0 Å². The van der Waals surface area contributed by atoms with E-state index in [-0.39, 0.29) is 0 Å². The number of nitrogens with one attached hydrogen (secondary N) is 1. The standard InChI is InChI=1S/C10H17NS/c1-5-7-10(6-2)8-12-11-9(3)4/h5-7,9,11H,1-2,8H2,3-4H3/b10-7+. The predicted molar refractivity (Wildman–Crippen MR) is 59.2 cm³/mol. The van der Waals surface area contributed by atoms with Gasteiger partial charge in [-0.15, -0.1) is 0 Å². The number of rotatable bonds is 6. The first-order valence-electron chi connectivity index (χ1n) is 4.02. The second-order valence-electron chi connectivity index (χ2n) is 2.74. The summed E-state index contributed by atoms with van der Waals surface area (Å²) in [7, 11) is 0. The van der Waals surface area contributed by atoms with Crippen LogP contribution < -0.4 is 4.72 Å². The van der Waals surface area contributed by atoms with Crippen LogP contribution in [0.15, 0.2) is 37.0 Å². The lowest BCUT2D eigenvalue weighted by atomic mass is 10.3. The van der Waals surface area contributed by atoms with Crippen LogP contribution in [0.25, 0.3) is 0 Å².